The second kappa shape index (κ2) is 8.84. The van der Waals surface area contributed by atoms with Gasteiger partial charge in [-0.25, -0.2) is 4.79 Å². The Hall–Kier alpha value is -1.18. The molecule has 0 aromatic heterocycles. The topological polar surface area (TPSA) is 75.6 Å². The fourth-order valence-corrected chi connectivity index (χ4v) is 2.87. The molecule has 0 heterocycles. The Kier molecular flexibility index (Phi) is 7.39. The van der Waals surface area contributed by atoms with Crippen molar-refractivity contribution in [2.75, 3.05) is 13.7 Å². The Morgan fingerprint density at radius 3 is 2.68 bits per heavy atom. The normalized spacial score (nSPS) is 11.7. The molecule has 0 aliphatic carbocycles. The first-order valence-corrected chi connectivity index (χ1v) is 7.82. The summed E-state index contributed by atoms with van der Waals surface area (Å²) in [5, 5.41) is 11.4. The summed E-state index contributed by atoms with van der Waals surface area (Å²) in [6.45, 7) is -0.148. The fourth-order valence-electron chi connectivity index (χ4n) is 1.15. The third kappa shape index (κ3) is 6.51. The second-order valence-electron chi connectivity index (χ2n) is 3.54. The van der Waals surface area contributed by atoms with Gasteiger partial charge in [-0.15, -0.1) is 0 Å². The fraction of sp³-hybridized carbons (Fsp3) is 0.333. The Balaban J connectivity index is 2.16. The van der Waals surface area contributed by atoms with E-state index in [1.54, 1.807) is 0 Å². The van der Waals surface area contributed by atoms with Crippen molar-refractivity contribution >= 4 is 32.8 Å². The van der Waals surface area contributed by atoms with Gasteiger partial charge in [0.25, 0.3) is 5.24 Å². The number of hydrogen-bond donors (Lipinski definition) is 2. The van der Waals surface area contributed by atoms with E-state index in [-0.39, 0.29) is 11.8 Å². The minimum absolute atomic E-state index is 0.148. The van der Waals surface area contributed by atoms with Crippen molar-refractivity contribution in [2.24, 2.45) is 0 Å². The minimum Gasteiger partial charge on any atom is -0.467 e. The van der Waals surface area contributed by atoms with Crippen LogP contribution in [0, 0.1) is 0 Å². The molecular weight excluding hydrogens is 286 g/mol. The predicted molar refractivity (Wildman–Crippen MR) is 76.7 cm³/mol. The van der Waals surface area contributed by atoms with Gasteiger partial charge in [-0.1, -0.05) is 41.1 Å². The average molecular weight is 301 g/mol. The zero-order valence-electron chi connectivity index (χ0n) is 10.4. The number of carbonyl (C=O) groups is 2. The van der Waals surface area contributed by atoms with Crippen molar-refractivity contribution in [3.8, 4) is 0 Å². The minimum atomic E-state index is -1.33. The van der Waals surface area contributed by atoms with Gasteiger partial charge < -0.3 is 15.2 Å². The number of aliphatic hydroxyl groups is 1. The van der Waals surface area contributed by atoms with Crippen LogP contribution in [0.5, 0.6) is 0 Å². The van der Waals surface area contributed by atoms with Crippen LogP contribution in [0.3, 0.4) is 0 Å². The van der Waals surface area contributed by atoms with Crippen LogP contribution in [0.15, 0.2) is 30.3 Å². The molecule has 0 bridgehead atoms. The Morgan fingerprint density at radius 2 is 2.05 bits per heavy atom. The maximum Gasteiger partial charge on any atom is 0.336 e. The molecule has 1 aromatic rings. The number of methoxy groups -OCH3 is 1. The first-order valence-electron chi connectivity index (χ1n) is 5.50. The average Bonchev–Trinajstić information content (AvgIpc) is 2.45. The van der Waals surface area contributed by atoms with E-state index in [2.05, 4.69) is 10.1 Å². The summed E-state index contributed by atoms with van der Waals surface area (Å²) in [6, 6.07) is 9.77. The molecule has 1 unspecified atom stereocenters. The van der Waals surface area contributed by atoms with Crippen molar-refractivity contribution in [2.45, 2.75) is 11.9 Å². The molecule has 0 saturated carbocycles. The lowest BCUT2D eigenvalue weighted by Gasteiger charge is -2.08. The molecule has 5 nitrogen and oxygen atoms in total. The molecule has 0 aliphatic heterocycles. The molecular formula is C12H15NO4S2. The first kappa shape index (κ1) is 15.9. The van der Waals surface area contributed by atoms with Gasteiger partial charge in [0.05, 0.1) is 13.7 Å². The van der Waals surface area contributed by atoms with E-state index in [9.17, 15) is 14.7 Å². The van der Waals surface area contributed by atoms with Crippen LogP contribution in [0.4, 0.5) is 4.79 Å². The SMILES string of the molecule is COC(=O)C(O)CNC(=O)SSCc1ccccc1. The van der Waals surface area contributed by atoms with Gasteiger partial charge in [0.2, 0.25) is 0 Å². The number of carbonyl (C=O) groups excluding carboxylic acids is 2. The van der Waals surface area contributed by atoms with E-state index in [0.717, 1.165) is 16.4 Å². The summed E-state index contributed by atoms with van der Waals surface area (Å²) in [5.74, 6) is -0.0550. The molecule has 1 aromatic carbocycles. The lowest BCUT2D eigenvalue weighted by atomic mass is 10.2. The zero-order valence-corrected chi connectivity index (χ0v) is 12.0. The second-order valence-corrected chi connectivity index (χ2v) is 5.81. The number of nitrogens with one attached hydrogen (secondary N) is 1. The largest absolute Gasteiger partial charge is 0.467 e. The van der Waals surface area contributed by atoms with Crippen LogP contribution in [0.2, 0.25) is 0 Å². The van der Waals surface area contributed by atoms with Gasteiger partial charge in [-0.2, -0.15) is 0 Å². The molecule has 2 N–H and O–H groups in total. The van der Waals surface area contributed by atoms with E-state index in [0.29, 0.717) is 5.75 Å². The molecule has 0 saturated heterocycles. The summed E-state index contributed by atoms with van der Waals surface area (Å²) >= 11 is 0. The van der Waals surface area contributed by atoms with Crippen LogP contribution in [0.25, 0.3) is 0 Å². The van der Waals surface area contributed by atoms with E-state index in [4.69, 9.17) is 0 Å². The lowest BCUT2D eigenvalue weighted by Crippen LogP contribution is -2.35. The summed E-state index contributed by atoms with van der Waals surface area (Å²) in [6.07, 6.45) is -1.33. The zero-order chi connectivity index (χ0) is 14.1. The van der Waals surface area contributed by atoms with Gasteiger partial charge in [0.15, 0.2) is 6.10 Å². The molecule has 1 amide bonds. The quantitative estimate of drug-likeness (QED) is 0.616. The van der Waals surface area contributed by atoms with Crippen molar-refractivity contribution in [3.05, 3.63) is 35.9 Å². The van der Waals surface area contributed by atoms with Gasteiger partial charge in [-0.3, -0.25) is 4.79 Å². The van der Waals surface area contributed by atoms with Crippen molar-refractivity contribution in [1.82, 2.24) is 5.32 Å². The number of hydrogen-bond acceptors (Lipinski definition) is 6. The Labute approximate surface area is 119 Å². The predicted octanol–water partition coefficient (Wildman–Crippen LogP) is 1.81. The number of aliphatic hydroxyl groups excluding tert-OH is 1. The number of amides is 1. The number of esters is 1. The molecule has 0 radical (unpaired) electrons. The Bertz CT molecular complexity index is 413. The highest BCUT2D eigenvalue weighted by atomic mass is 33.1. The highest BCUT2D eigenvalue weighted by molar-refractivity contribution is 8.81. The standard InChI is InChI=1S/C12H15NO4S2/c1-17-11(15)10(14)7-13-12(16)19-18-8-9-5-3-2-4-6-9/h2-6,10,14H,7-8H2,1H3,(H,13,16). The van der Waals surface area contributed by atoms with Crippen molar-refractivity contribution < 1.29 is 19.4 Å². The van der Waals surface area contributed by atoms with E-state index in [1.807, 2.05) is 30.3 Å². The summed E-state index contributed by atoms with van der Waals surface area (Å²) in [7, 11) is 3.60. The molecule has 104 valence electrons. The van der Waals surface area contributed by atoms with Crippen LogP contribution in [-0.4, -0.2) is 36.1 Å². The van der Waals surface area contributed by atoms with Crippen LogP contribution in [-0.2, 0) is 15.3 Å². The molecule has 0 spiro atoms. The smallest absolute Gasteiger partial charge is 0.336 e. The van der Waals surface area contributed by atoms with E-state index >= 15 is 0 Å². The van der Waals surface area contributed by atoms with Gasteiger partial charge in [0.1, 0.15) is 0 Å². The number of rotatable bonds is 6. The number of ether oxygens (including phenoxy) is 1. The monoisotopic (exact) mass is 301 g/mol. The highest BCUT2D eigenvalue weighted by Gasteiger charge is 2.16. The third-order valence-electron chi connectivity index (χ3n) is 2.12. The molecule has 0 aliphatic rings. The third-order valence-corrected chi connectivity index (χ3v) is 4.14. The molecule has 1 rings (SSSR count). The van der Waals surface area contributed by atoms with Crippen LogP contribution < -0.4 is 5.32 Å². The lowest BCUT2D eigenvalue weighted by molar-refractivity contribution is -0.149. The highest BCUT2D eigenvalue weighted by Crippen LogP contribution is 2.26. The number of benzene rings is 1. The van der Waals surface area contributed by atoms with Crippen LogP contribution >= 0.6 is 21.6 Å². The van der Waals surface area contributed by atoms with E-state index in [1.165, 1.54) is 17.9 Å². The Morgan fingerprint density at radius 1 is 1.37 bits per heavy atom. The maximum atomic E-state index is 11.4. The maximum absolute atomic E-state index is 11.4. The van der Waals surface area contributed by atoms with Gasteiger partial charge in [0, 0.05) is 16.5 Å². The molecule has 1 atom stereocenters. The summed E-state index contributed by atoms with van der Waals surface area (Å²) < 4.78 is 4.33. The molecule has 7 heteroatoms. The molecule has 0 fully saturated rings. The van der Waals surface area contributed by atoms with Gasteiger partial charge >= 0.3 is 5.97 Å². The summed E-state index contributed by atoms with van der Waals surface area (Å²) in [4.78, 5) is 22.3. The first-order chi connectivity index (χ1) is 9.13. The molecule has 19 heavy (non-hydrogen) atoms. The van der Waals surface area contributed by atoms with Crippen molar-refractivity contribution in [3.63, 3.8) is 0 Å². The van der Waals surface area contributed by atoms with E-state index < -0.39 is 12.1 Å². The van der Waals surface area contributed by atoms with Crippen LogP contribution in [0.1, 0.15) is 5.56 Å². The summed E-state index contributed by atoms with van der Waals surface area (Å²) in [5.41, 5.74) is 1.13. The van der Waals surface area contributed by atoms with Gasteiger partial charge in [-0.05, 0) is 5.56 Å². The van der Waals surface area contributed by atoms with Crippen molar-refractivity contribution in [1.29, 1.82) is 0 Å².